The molecule has 0 spiro atoms. The minimum atomic E-state index is -1.13. The Morgan fingerprint density at radius 3 is 2.10 bits per heavy atom. The lowest BCUT2D eigenvalue weighted by atomic mass is 10.3. The van der Waals surface area contributed by atoms with E-state index in [0.717, 1.165) is 6.08 Å². The summed E-state index contributed by atoms with van der Waals surface area (Å²) in [4.78, 5) is 20.5. The van der Waals surface area contributed by atoms with Crippen molar-refractivity contribution >= 4 is 11.8 Å². The maximum absolute atomic E-state index is 10.3. The predicted octanol–water partition coefficient (Wildman–Crippen LogP) is -0.237. The van der Waals surface area contributed by atoms with Crippen LogP contribution in [0.4, 0.5) is 0 Å². The monoisotopic (exact) mass is 143 g/mol. The minimum absolute atomic E-state index is 0.0903. The molecule has 4 heteroatoms. The highest BCUT2D eigenvalue weighted by atomic mass is 16.4. The molecule has 56 valence electrons. The molecule has 0 aromatic carbocycles. The first-order valence-electron chi connectivity index (χ1n) is 2.71. The lowest BCUT2D eigenvalue weighted by molar-refractivity contribution is -0.133. The van der Waals surface area contributed by atoms with E-state index in [1.807, 2.05) is 0 Å². The average molecular weight is 143 g/mol. The van der Waals surface area contributed by atoms with Crippen LogP contribution in [-0.4, -0.2) is 23.9 Å². The Hall–Kier alpha value is -1.32. The topological polar surface area (TPSA) is 66.4 Å². The van der Waals surface area contributed by atoms with Crippen molar-refractivity contribution in [3.63, 3.8) is 0 Å². The molecule has 0 aliphatic heterocycles. The number of likely N-dealkylation sites (N-methyl/N-ethyl adjacent to an activating group) is 1. The number of ketones is 1. The summed E-state index contributed by atoms with van der Waals surface area (Å²) >= 11 is 0. The molecular weight excluding hydrogens is 134 g/mol. The lowest BCUT2D eigenvalue weighted by Gasteiger charge is -1.96. The van der Waals surface area contributed by atoms with Gasteiger partial charge in [0, 0.05) is 13.1 Å². The van der Waals surface area contributed by atoms with Gasteiger partial charge in [-0.1, -0.05) is 0 Å². The van der Waals surface area contributed by atoms with E-state index >= 15 is 0 Å². The number of rotatable bonds is 3. The van der Waals surface area contributed by atoms with Gasteiger partial charge in [0.25, 0.3) is 0 Å². The van der Waals surface area contributed by atoms with Crippen molar-refractivity contribution in [1.82, 2.24) is 5.32 Å². The van der Waals surface area contributed by atoms with E-state index in [1.54, 1.807) is 0 Å². The van der Waals surface area contributed by atoms with Crippen molar-refractivity contribution in [3.05, 3.63) is 11.8 Å². The number of nitrogens with one attached hydrogen (secondary N) is 1. The largest absolute Gasteiger partial charge is 0.477 e. The van der Waals surface area contributed by atoms with E-state index in [1.165, 1.54) is 14.0 Å². The number of carboxylic acids is 1. The van der Waals surface area contributed by atoms with E-state index < -0.39 is 5.97 Å². The first-order chi connectivity index (χ1) is 4.57. The van der Waals surface area contributed by atoms with Crippen molar-refractivity contribution in [2.45, 2.75) is 6.92 Å². The van der Waals surface area contributed by atoms with Crippen molar-refractivity contribution in [2.75, 3.05) is 7.05 Å². The molecule has 0 saturated heterocycles. The van der Waals surface area contributed by atoms with E-state index in [0.29, 0.717) is 0 Å². The first kappa shape index (κ1) is 8.68. The fraction of sp³-hybridized carbons (Fsp3) is 0.333. The lowest BCUT2D eigenvalue weighted by Crippen LogP contribution is -2.16. The summed E-state index contributed by atoms with van der Waals surface area (Å²) in [5.41, 5.74) is -0.0903. The molecule has 0 aromatic heterocycles. The Morgan fingerprint density at radius 1 is 1.50 bits per heavy atom. The van der Waals surface area contributed by atoms with Crippen LogP contribution in [0.5, 0.6) is 0 Å². The fourth-order valence-corrected chi connectivity index (χ4v) is 0.444. The number of carboxylic acid groups (broad SMARTS) is 1. The highest BCUT2D eigenvalue weighted by molar-refractivity contribution is 5.97. The van der Waals surface area contributed by atoms with Gasteiger partial charge in [-0.05, 0) is 6.92 Å². The SMILES string of the molecule is CNC(=CC(C)=O)C(=O)O. The van der Waals surface area contributed by atoms with Gasteiger partial charge in [-0.3, -0.25) is 4.79 Å². The Bertz CT molecular complexity index is 183. The molecule has 0 unspecified atom stereocenters. The summed E-state index contributed by atoms with van der Waals surface area (Å²) in [6.07, 6.45) is 1.03. The van der Waals surface area contributed by atoms with Crippen LogP contribution in [0.2, 0.25) is 0 Å². The molecule has 0 aliphatic carbocycles. The van der Waals surface area contributed by atoms with Crippen LogP contribution in [0.3, 0.4) is 0 Å². The highest BCUT2D eigenvalue weighted by Crippen LogP contribution is 1.87. The quantitative estimate of drug-likeness (QED) is 0.535. The van der Waals surface area contributed by atoms with E-state index in [-0.39, 0.29) is 11.5 Å². The van der Waals surface area contributed by atoms with Crippen LogP contribution in [0.1, 0.15) is 6.92 Å². The molecule has 10 heavy (non-hydrogen) atoms. The number of aliphatic carboxylic acids is 1. The third-order valence-corrected chi connectivity index (χ3v) is 0.847. The molecule has 0 atom stereocenters. The Morgan fingerprint density at radius 2 is 2.00 bits per heavy atom. The smallest absolute Gasteiger partial charge is 0.352 e. The predicted molar refractivity (Wildman–Crippen MR) is 35.5 cm³/mol. The van der Waals surface area contributed by atoms with E-state index in [9.17, 15) is 9.59 Å². The molecule has 4 nitrogen and oxygen atoms in total. The Labute approximate surface area is 58.5 Å². The number of carbonyl (C=O) groups is 2. The van der Waals surface area contributed by atoms with E-state index in [4.69, 9.17) is 5.11 Å². The van der Waals surface area contributed by atoms with Gasteiger partial charge in [0.1, 0.15) is 5.70 Å². The number of carbonyl (C=O) groups excluding carboxylic acids is 1. The van der Waals surface area contributed by atoms with Gasteiger partial charge in [0.15, 0.2) is 5.78 Å². The molecule has 0 aromatic rings. The molecule has 0 heterocycles. The normalized spacial score (nSPS) is 10.8. The number of allylic oxidation sites excluding steroid dienone is 1. The van der Waals surface area contributed by atoms with Gasteiger partial charge in [-0.15, -0.1) is 0 Å². The summed E-state index contributed by atoms with van der Waals surface area (Å²) in [6.45, 7) is 1.29. The van der Waals surface area contributed by atoms with Gasteiger partial charge >= 0.3 is 5.97 Å². The zero-order chi connectivity index (χ0) is 8.15. The summed E-state index contributed by atoms with van der Waals surface area (Å²) < 4.78 is 0. The molecule has 0 fully saturated rings. The van der Waals surface area contributed by atoms with Crippen LogP contribution in [0.25, 0.3) is 0 Å². The van der Waals surface area contributed by atoms with Gasteiger partial charge in [-0.2, -0.15) is 0 Å². The Balaban J connectivity index is 4.34. The van der Waals surface area contributed by atoms with Crippen LogP contribution in [0, 0.1) is 0 Å². The molecule has 2 N–H and O–H groups in total. The third-order valence-electron chi connectivity index (χ3n) is 0.847. The highest BCUT2D eigenvalue weighted by Gasteiger charge is 2.03. The van der Waals surface area contributed by atoms with Crippen LogP contribution >= 0.6 is 0 Å². The van der Waals surface area contributed by atoms with Crippen molar-refractivity contribution in [2.24, 2.45) is 0 Å². The fourth-order valence-electron chi connectivity index (χ4n) is 0.444. The summed E-state index contributed by atoms with van der Waals surface area (Å²) in [5, 5.41) is 10.7. The summed E-state index contributed by atoms with van der Waals surface area (Å²) in [7, 11) is 1.45. The Kier molecular flexibility index (Phi) is 3.17. The maximum atomic E-state index is 10.3. The zero-order valence-electron chi connectivity index (χ0n) is 5.84. The van der Waals surface area contributed by atoms with Crippen molar-refractivity contribution < 1.29 is 14.7 Å². The number of hydrogen-bond donors (Lipinski definition) is 2. The minimum Gasteiger partial charge on any atom is -0.477 e. The van der Waals surface area contributed by atoms with Gasteiger partial charge in [0.2, 0.25) is 0 Å². The molecule has 0 rings (SSSR count). The maximum Gasteiger partial charge on any atom is 0.352 e. The van der Waals surface area contributed by atoms with Crippen LogP contribution in [0.15, 0.2) is 11.8 Å². The van der Waals surface area contributed by atoms with Crippen molar-refractivity contribution in [1.29, 1.82) is 0 Å². The van der Waals surface area contributed by atoms with E-state index in [2.05, 4.69) is 5.32 Å². The summed E-state index contributed by atoms with van der Waals surface area (Å²) in [6, 6.07) is 0. The second kappa shape index (κ2) is 3.66. The molecule has 0 amide bonds. The van der Waals surface area contributed by atoms with Gasteiger partial charge in [0.05, 0.1) is 0 Å². The van der Waals surface area contributed by atoms with Crippen molar-refractivity contribution in [3.8, 4) is 0 Å². The second-order valence-electron chi connectivity index (χ2n) is 1.72. The zero-order valence-corrected chi connectivity index (χ0v) is 5.84. The molecule has 0 bridgehead atoms. The summed E-state index contributed by atoms with van der Waals surface area (Å²) in [5.74, 6) is -1.41. The van der Waals surface area contributed by atoms with Gasteiger partial charge < -0.3 is 10.4 Å². The van der Waals surface area contributed by atoms with Crippen LogP contribution < -0.4 is 5.32 Å². The third kappa shape index (κ3) is 2.86. The molecular formula is C6H9NO3. The molecule has 0 radical (unpaired) electrons. The van der Waals surface area contributed by atoms with Gasteiger partial charge in [-0.25, -0.2) is 4.79 Å². The molecule has 0 aliphatic rings. The number of hydrogen-bond acceptors (Lipinski definition) is 3. The van der Waals surface area contributed by atoms with Crippen LogP contribution in [-0.2, 0) is 9.59 Å². The second-order valence-corrected chi connectivity index (χ2v) is 1.72. The first-order valence-corrected chi connectivity index (χ1v) is 2.71. The standard InChI is InChI=1S/C6H9NO3/c1-4(8)3-5(7-2)6(9)10/h3,7H,1-2H3,(H,9,10). The molecule has 0 saturated carbocycles. The average Bonchev–Trinajstić information content (AvgIpc) is 1.81.